The highest BCUT2D eigenvalue weighted by Crippen LogP contribution is 2.16. The van der Waals surface area contributed by atoms with Gasteiger partial charge in [-0.2, -0.15) is 0 Å². The van der Waals surface area contributed by atoms with Crippen LogP contribution in [0, 0.1) is 20.8 Å². The molecular formula is C18H18O4. The van der Waals surface area contributed by atoms with Crippen LogP contribution in [0.25, 0.3) is 0 Å². The number of phenolic OH excluding ortho intramolecular Hbond substituents is 1. The molecule has 0 fully saturated rings. The van der Waals surface area contributed by atoms with Gasteiger partial charge < -0.3 is 9.84 Å². The number of rotatable bonds is 4. The number of ketones is 1. The second kappa shape index (κ2) is 6.43. The van der Waals surface area contributed by atoms with Crippen LogP contribution < -0.4 is 0 Å². The first kappa shape index (κ1) is 15.8. The van der Waals surface area contributed by atoms with Crippen LogP contribution in [-0.4, -0.2) is 23.5 Å². The van der Waals surface area contributed by atoms with Gasteiger partial charge in [-0.15, -0.1) is 0 Å². The van der Waals surface area contributed by atoms with E-state index < -0.39 is 5.97 Å². The molecule has 0 heterocycles. The molecule has 4 heteroatoms. The van der Waals surface area contributed by atoms with Gasteiger partial charge in [-0.1, -0.05) is 6.07 Å². The second-order valence-electron chi connectivity index (χ2n) is 5.30. The molecule has 2 rings (SSSR count). The molecule has 2 aromatic rings. The first-order valence-corrected chi connectivity index (χ1v) is 6.95. The summed E-state index contributed by atoms with van der Waals surface area (Å²) in [5.74, 6) is -0.749. The SMILES string of the molecule is Cc1cc(C)c(C(=O)COC(=O)c2ccc(O)cc2)cc1C. The monoisotopic (exact) mass is 298 g/mol. The van der Waals surface area contributed by atoms with Gasteiger partial charge >= 0.3 is 5.97 Å². The van der Waals surface area contributed by atoms with Crippen molar-refractivity contribution in [3.05, 3.63) is 64.2 Å². The molecule has 0 amide bonds. The zero-order valence-corrected chi connectivity index (χ0v) is 12.8. The Labute approximate surface area is 129 Å². The van der Waals surface area contributed by atoms with E-state index in [0.717, 1.165) is 16.7 Å². The molecule has 0 aromatic heterocycles. The summed E-state index contributed by atoms with van der Waals surface area (Å²) >= 11 is 0. The van der Waals surface area contributed by atoms with Crippen LogP contribution in [-0.2, 0) is 4.74 Å². The Kier molecular flexibility index (Phi) is 4.61. The third kappa shape index (κ3) is 3.52. The van der Waals surface area contributed by atoms with Crippen molar-refractivity contribution < 1.29 is 19.4 Å². The molecule has 0 saturated heterocycles. The van der Waals surface area contributed by atoms with Crippen LogP contribution in [0.5, 0.6) is 5.75 Å². The van der Waals surface area contributed by atoms with Gasteiger partial charge in [0.1, 0.15) is 5.75 Å². The van der Waals surface area contributed by atoms with Crippen LogP contribution in [0.15, 0.2) is 36.4 Å². The molecule has 0 spiro atoms. The first-order valence-electron chi connectivity index (χ1n) is 6.95. The van der Waals surface area contributed by atoms with Crippen molar-refractivity contribution in [3.63, 3.8) is 0 Å². The van der Waals surface area contributed by atoms with Crippen molar-refractivity contribution in [3.8, 4) is 5.75 Å². The topological polar surface area (TPSA) is 63.6 Å². The van der Waals surface area contributed by atoms with Gasteiger partial charge in [0, 0.05) is 5.56 Å². The molecule has 0 aliphatic heterocycles. The summed E-state index contributed by atoms with van der Waals surface area (Å²) in [6, 6.07) is 9.45. The number of ether oxygens (including phenoxy) is 1. The van der Waals surface area contributed by atoms with E-state index in [1.807, 2.05) is 32.9 Å². The zero-order chi connectivity index (χ0) is 16.3. The van der Waals surface area contributed by atoms with Crippen LogP contribution in [0.3, 0.4) is 0 Å². The van der Waals surface area contributed by atoms with E-state index in [2.05, 4.69) is 0 Å². The molecule has 0 aliphatic rings. The van der Waals surface area contributed by atoms with Gasteiger partial charge in [-0.05, 0) is 67.8 Å². The Morgan fingerprint density at radius 3 is 2.18 bits per heavy atom. The van der Waals surface area contributed by atoms with E-state index in [1.54, 1.807) is 0 Å². The lowest BCUT2D eigenvalue weighted by Crippen LogP contribution is -2.15. The van der Waals surface area contributed by atoms with E-state index in [9.17, 15) is 14.7 Å². The second-order valence-corrected chi connectivity index (χ2v) is 5.30. The molecule has 0 aliphatic carbocycles. The highest BCUT2D eigenvalue weighted by atomic mass is 16.5. The third-order valence-corrected chi connectivity index (χ3v) is 3.58. The summed E-state index contributed by atoms with van der Waals surface area (Å²) < 4.78 is 5.04. The number of Topliss-reactive ketones (excluding diaryl/α,β-unsaturated/α-hetero) is 1. The fraction of sp³-hybridized carbons (Fsp3) is 0.222. The number of hydrogen-bond donors (Lipinski definition) is 1. The number of aryl methyl sites for hydroxylation is 3. The number of aromatic hydroxyl groups is 1. The maximum Gasteiger partial charge on any atom is 0.338 e. The molecular weight excluding hydrogens is 280 g/mol. The Morgan fingerprint density at radius 2 is 1.55 bits per heavy atom. The zero-order valence-electron chi connectivity index (χ0n) is 12.8. The minimum absolute atomic E-state index is 0.0679. The number of hydrogen-bond acceptors (Lipinski definition) is 4. The molecule has 22 heavy (non-hydrogen) atoms. The fourth-order valence-corrected chi connectivity index (χ4v) is 2.15. The molecule has 0 unspecified atom stereocenters. The minimum Gasteiger partial charge on any atom is -0.508 e. The summed E-state index contributed by atoms with van der Waals surface area (Å²) in [6.45, 7) is 5.49. The normalized spacial score (nSPS) is 10.3. The maximum atomic E-state index is 12.2. The number of carbonyl (C=O) groups excluding carboxylic acids is 2. The standard InChI is InChI=1S/C18H18O4/c1-11-8-13(3)16(9-12(11)2)17(20)10-22-18(21)14-4-6-15(19)7-5-14/h4-9,19H,10H2,1-3H3. The van der Waals surface area contributed by atoms with E-state index in [-0.39, 0.29) is 18.1 Å². The lowest BCUT2D eigenvalue weighted by atomic mass is 9.98. The van der Waals surface area contributed by atoms with Crippen LogP contribution >= 0.6 is 0 Å². The van der Waals surface area contributed by atoms with Crippen molar-refractivity contribution in [2.24, 2.45) is 0 Å². The number of benzene rings is 2. The van der Waals surface area contributed by atoms with Gasteiger partial charge in [0.2, 0.25) is 5.78 Å². The van der Waals surface area contributed by atoms with Gasteiger partial charge in [-0.3, -0.25) is 4.79 Å². The molecule has 1 N–H and O–H groups in total. The average molecular weight is 298 g/mol. The Balaban J connectivity index is 2.05. The molecule has 0 radical (unpaired) electrons. The van der Waals surface area contributed by atoms with E-state index in [1.165, 1.54) is 24.3 Å². The average Bonchev–Trinajstić information content (AvgIpc) is 2.49. The predicted octanol–water partition coefficient (Wildman–Crippen LogP) is 3.36. The molecule has 0 bridgehead atoms. The van der Waals surface area contributed by atoms with E-state index >= 15 is 0 Å². The maximum absolute atomic E-state index is 12.2. The molecule has 114 valence electrons. The fourth-order valence-electron chi connectivity index (χ4n) is 2.15. The quantitative estimate of drug-likeness (QED) is 0.694. The Morgan fingerprint density at radius 1 is 0.955 bits per heavy atom. The molecule has 4 nitrogen and oxygen atoms in total. The van der Waals surface area contributed by atoms with Gasteiger partial charge in [-0.25, -0.2) is 4.79 Å². The minimum atomic E-state index is -0.588. The summed E-state index contributed by atoms with van der Waals surface area (Å²) in [4.78, 5) is 24.0. The van der Waals surface area contributed by atoms with Crippen molar-refractivity contribution in [1.82, 2.24) is 0 Å². The number of esters is 1. The number of phenols is 1. The highest BCUT2D eigenvalue weighted by molar-refractivity contribution is 6.00. The Bertz CT molecular complexity index is 715. The van der Waals surface area contributed by atoms with E-state index in [4.69, 9.17) is 4.74 Å². The molecule has 0 atom stereocenters. The smallest absolute Gasteiger partial charge is 0.338 e. The summed E-state index contributed by atoms with van der Waals surface area (Å²) in [5.41, 5.74) is 3.88. The van der Waals surface area contributed by atoms with Crippen molar-refractivity contribution in [1.29, 1.82) is 0 Å². The van der Waals surface area contributed by atoms with Crippen molar-refractivity contribution >= 4 is 11.8 Å². The van der Waals surface area contributed by atoms with Gasteiger partial charge in [0.25, 0.3) is 0 Å². The van der Waals surface area contributed by atoms with Gasteiger partial charge in [0.05, 0.1) is 5.56 Å². The third-order valence-electron chi connectivity index (χ3n) is 3.58. The van der Waals surface area contributed by atoms with E-state index in [0.29, 0.717) is 11.1 Å². The van der Waals surface area contributed by atoms with Gasteiger partial charge in [0.15, 0.2) is 6.61 Å². The summed E-state index contributed by atoms with van der Waals surface area (Å²) in [7, 11) is 0. The highest BCUT2D eigenvalue weighted by Gasteiger charge is 2.14. The van der Waals surface area contributed by atoms with Crippen molar-refractivity contribution in [2.45, 2.75) is 20.8 Å². The Hall–Kier alpha value is -2.62. The largest absolute Gasteiger partial charge is 0.508 e. The van der Waals surface area contributed by atoms with Crippen molar-refractivity contribution in [2.75, 3.05) is 6.61 Å². The summed E-state index contributed by atoms with van der Waals surface area (Å²) in [6.07, 6.45) is 0. The summed E-state index contributed by atoms with van der Waals surface area (Å²) in [5, 5.41) is 9.18. The molecule has 2 aromatic carbocycles. The number of carbonyl (C=O) groups is 2. The first-order chi connectivity index (χ1) is 10.4. The van der Waals surface area contributed by atoms with Crippen LogP contribution in [0.4, 0.5) is 0 Å². The lowest BCUT2D eigenvalue weighted by Gasteiger charge is -2.09. The molecule has 0 saturated carbocycles. The predicted molar refractivity (Wildman–Crippen MR) is 83.4 cm³/mol. The lowest BCUT2D eigenvalue weighted by molar-refractivity contribution is 0.0474. The van der Waals surface area contributed by atoms with Crippen LogP contribution in [0.2, 0.25) is 0 Å². The van der Waals surface area contributed by atoms with Crippen LogP contribution in [0.1, 0.15) is 37.4 Å².